The second-order valence-corrected chi connectivity index (χ2v) is 5.26. The number of pyridine rings is 1. The fourth-order valence-corrected chi connectivity index (χ4v) is 2.71. The largest absolute Gasteiger partial charge is 0.397 e. The van der Waals surface area contributed by atoms with Gasteiger partial charge in [-0.25, -0.2) is 0 Å². The summed E-state index contributed by atoms with van der Waals surface area (Å²) < 4.78 is 0. The first-order valence-electron chi connectivity index (χ1n) is 6.63. The normalized spacial score (nSPS) is 17.3. The number of hydrogen-bond acceptors (Lipinski definition) is 3. The van der Waals surface area contributed by atoms with Gasteiger partial charge in [0.1, 0.15) is 0 Å². The molecule has 1 fully saturated rings. The number of benzene rings is 1. The van der Waals surface area contributed by atoms with Crippen molar-refractivity contribution < 1.29 is 0 Å². The van der Waals surface area contributed by atoms with E-state index in [0.717, 1.165) is 35.5 Å². The van der Waals surface area contributed by atoms with Crippen LogP contribution in [-0.4, -0.2) is 18.1 Å². The van der Waals surface area contributed by atoms with Crippen molar-refractivity contribution in [1.82, 2.24) is 4.98 Å². The number of rotatable bonds is 1. The number of anilines is 2. The third kappa shape index (κ3) is 1.90. The van der Waals surface area contributed by atoms with Gasteiger partial charge in [0.2, 0.25) is 0 Å². The molecule has 0 saturated carbocycles. The van der Waals surface area contributed by atoms with E-state index >= 15 is 0 Å². The number of piperidine rings is 1. The van der Waals surface area contributed by atoms with E-state index in [4.69, 9.17) is 5.73 Å². The first kappa shape index (κ1) is 11.3. The van der Waals surface area contributed by atoms with Gasteiger partial charge in [-0.1, -0.05) is 13.0 Å². The lowest BCUT2D eigenvalue weighted by atomic mass is 9.98. The molecule has 0 amide bonds. The zero-order valence-electron chi connectivity index (χ0n) is 10.8. The molecule has 1 aliphatic rings. The molecule has 1 aromatic heterocycles. The molecular weight excluding hydrogens is 222 g/mol. The number of nitrogens with two attached hydrogens (primary N) is 1. The average molecular weight is 241 g/mol. The zero-order chi connectivity index (χ0) is 12.5. The van der Waals surface area contributed by atoms with E-state index in [0.29, 0.717) is 0 Å². The maximum absolute atomic E-state index is 6.32. The topological polar surface area (TPSA) is 42.2 Å². The second-order valence-electron chi connectivity index (χ2n) is 5.26. The molecule has 2 N–H and O–H groups in total. The van der Waals surface area contributed by atoms with Gasteiger partial charge < -0.3 is 10.6 Å². The Hall–Kier alpha value is -1.77. The average Bonchev–Trinajstić information content (AvgIpc) is 2.41. The highest BCUT2D eigenvalue weighted by molar-refractivity contribution is 5.98. The Balaban J connectivity index is 1.99. The molecule has 18 heavy (non-hydrogen) atoms. The molecule has 3 nitrogen and oxygen atoms in total. The minimum Gasteiger partial charge on any atom is -0.397 e. The van der Waals surface area contributed by atoms with Crippen LogP contribution in [0.1, 0.15) is 19.8 Å². The van der Waals surface area contributed by atoms with Crippen LogP contribution in [0, 0.1) is 5.92 Å². The Morgan fingerprint density at radius 3 is 2.78 bits per heavy atom. The van der Waals surface area contributed by atoms with Gasteiger partial charge in [-0.15, -0.1) is 0 Å². The Kier molecular flexibility index (Phi) is 2.82. The number of aromatic nitrogens is 1. The van der Waals surface area contributed by atoms with Crippen LogP contribution in [0.15, 0.2) is 30.6 Å². The molecule has 0 spiro atoms. The molecule has 2 aromatic rings. The standard InChI is InChI=1S/C15H19N3/c1-11-5-8-18(9-6-11)14-3-2-12-10-17-7-4-13(12)15(14)16/h2-4,7,10-11H,5-6,8-9,16H2,1H3. The van der Waals surface area contributed by atoms with E-state index in [2.05, 4.69) is 28.9 Å². The summed E-state index contributed by atoms with van der Waals surface area (Å²) in [7, 11) is 0. The van der Waals surface area contributed by atoms with Crippen LogP contribution in [-0.2, 0) is 0 Å². The predicted octanol–water partition coefficient (Wildman–Crippen LogP) is 3.05. The summed E-state index contributed by atoms with van der Waals surface area (Å²) in [5, 5.41) is 2.23. The molecule has 0 unspecified atom stereocenters. The SMILES string of the molecule is CC1CCN(c2ccc3cnccc3c2N)CC1. The molecule has 1 aromatic carbocycles. The Morgan fingerprint density at radius 1 is 1.22 bits per heavy atom. The van der Waals surface area contributed by atoms with E-state index in [1.165, 1.54) is 18.5 Å². The minimum atomic E-state index is 0.840. The lowest BCUT2D eigenvalue weighted by molar-refractivity contribution is 0.439. The number of hydrogen-bond donors (Lipinski definition) is 1. The molecule has 1 aliphatic heterocycles. The highest BCUT2D eigenvalue weighted by Crippen LogP contribution is 2.33. The molecule has 0 atom stereocenters. The van der Waals surface area contributed by atoms with Crippen molar-refractivity contribution in [3.05, 3.63) is 30.6 Å². The fourth-order valence-electron chi connectivity index (χ4n) is 2.71. The van der Waals surface area contributed by atoms with Gasteiger partial charge in [-0.2, -0.15) is 0 Å². The molecular formula is C15H19N3. The van der Waals surface area contributed by atoms with Crippen LogP contribution < -0.4 is 10.6 Å². The molecule has 94 valence electrons. The summed E-state index contributed by atoms with van der Waals surface area (Å²) in [6.45, 7) is 4.55. The van der Waals surface area contributed by atoms with Gasteiger partial charge in [0.15, 0.2) is 0 Å². The van der Waals surface area contributed by atoms with Crippen molar-refractivity contribution in [2.75, 3.05) is 23.7 Å². The molecule has 0 bridgehead atoms. The summed E-state index contributed by atoms with van der Waals surface area (Å²) >= 11 is 0. The van der Waals surface area contributed by atoms with Crippen molar-refractivity contribution in [2.24, 2.45) is 5.92 Å². The van der Waals surface area contributed by atoms with Gasteiger partial charge in [0, 0.05) is 36.3 Å². The third-order valence-corrected chi connectivity index (χ3v) is 3.96. The van der Waals surface area contributed by atoms with Crippen LogP contribution in [0.5, 0.6) is 0 Å². The summed E-state index contributed by atoms with van der Waals surface area (Å²) in [4.78, 5) is 6.55. The van der Waals surface area contributed by atoms with Crippen molar-refractivity contribution >= 4 is 22.1 Å². The Morgan fingerprint density at radius 2 is 2.00 bits per heavy atom. The van der Waals surface area contributed by atoms with E-state index in [1.54, 1.807) is 6.20 Å². The molecule has 1 saturated heterocycles. The maximum Gasteiger partial charge on any atom is 0.0632 e. The van der Waals surface area contributed by atoms with Crippen molar-refractivity contribution in [3.63, 3.8) is 0 Å². The lowest BCUT2D eigenvalue weighted by Gasteiger charge is -2.33. The third-order valence-electron chi connectivity index (χ3n) is 3.96. The summed E-state index contributed by atoms with van der Waals surface area (Å²) in [6.07, 6.45) is 6.19. The number of nitrogen functional groups attached to an aromatic ring is 1. The smallest absolute Gasteiger partial charge is 0.0632 e. The van der Waals surface area contributed by atoms with Crippen LogP contribution in [0.4, 0.5) is 11.4 Å². The monoisotopic (exact) mass is 241 g/mol. The molecule has 2 heterocycles. The van der Waals surface area contributed by atoms with Crippen molar-refractivity contribution in [1.29, 1.82) is 0 Å². The van der Waals surface area contributed by atoms with E-state index in [1.807, 2.05) is 12.3 Å². The number of nitrogens with zero attached hydrogens (tertiary/aromatic N) is 2. The Labute approximate surface area is 108 Å². The molecule has 0 aliphatic carbocycles. The molecule has 0 radical (unpaired) electrons. The summed E-state index contributed by atoms with van der Waals surface area (Å²) in [6, 6.07) is 6.25. The van der Waals surface area contributed by atoms with Gasteiger partial charge in [0.25, 0.3) is 0 Å². The van der Waals surface area contributed by atoms with Gasteiger partial charge in [-0.05, 0) is 30.9 Å². The lowest BCUT2D eigenvalue weighted by Crippen LogP contribution is -2.33. The summed E-state index contributed by atoms with van der Waals surface area (Å²) in [5.74, 6) is 0.840. The van der Waals surface area contributed by atoms with Gasteiger partial charge >= 0.3 is 0 Å². The number of fused-ring (bicyclic) bond motifs is 1. The van der Waals surface area contributed by atoms with Crippen LogP contribution in [0.2, 0.25) is 0 Å². The van der Waals surface area contributed by atoms with Gasteiger partial charge in [-0.3, -0.25) is 4.98 Å². The first-order chi connectivity index (χ1) is 8.75. The second kappa shape index (κ2) is 4.48. The van der Waals surface area contributed by atoms with Gasteiger partial charge in [0.05, 0.1) is 11.4 Å². The van der Waals surface area contributed by atoms with Crippen LogP contribution >= 0.6 is 0 Å². The molecule has 3 heteroatoms. The highest BCUT2D eigenvalue weighted by Gasteiger charge is 2.18. The van der Waals surface area contributed by atoms with E-state index in [-0.39, 0.29) is 0 Å². The van der Waals surface area contributed by atoms with E-state index < -0.39 is 0 Å². The van der Waals surface area contributed by atoms with Crippen LogP contribution in [0.25, 0.3) is 10.8 Å². The molecule has 3 rings (SSSR count). The highest BCUT2D eigenvalue weighted by atomic mass is 15.1. The fraction of sp³-hybridized carbons (Fsp3) is 0.400. The van der Waals surface area contributed by atoms with Crippen molar-refractivity contribution in [2.45, 2.75) is 19.8 Å². The summed E-state index contributed by atoms with van der Waals surface area (Å²) in [5.41, 5.74) is 8.39. The van der Waals surface area contributed by atoms with Crippen LogP contribution in [0.3, 0.4) is 0 Å². The zero-order valence-corrected chi connectivity index (χ0v) is 10.8. The predicted molar refractivity (Wildman–Crippen MR) is 76.8 cm³/mol. The first-order valence-corrected chi connectivity index (χ1v) is 6.63. The Bertz CT molecular complexity index is 557. The van der Waals surface area contributed by atoms with Crippen molar-refractivity contribution in [3.8, 4) is 0 Å². The minimum absolute atomic E-state index is 0.840. The quantitative estimate of drug-likeness (QED) is 0.780. The van der Waals surface area contributed by atoms with E-state index in [9.17, 15) is 0 Å². The maximum atomic E-state index is 6.32.